The number of thiophene rings is 2. The molecule has 0 aliphatic carbocycles. The van der Waals surface area contributed by atoms with Crippen LogP contribution in [0.2, 0.25) is 0 Å². The Kier molecular flexibility index (Phi) is 7.79. The highest BCUT2D eigenvalue weighted by molar-refractivity contribution is 7.26. The van der Waals surface area contributed by atoms with Crippen LogP contribution in [0.1, 0.15) is 0 Å². The first-order valence-electron chi connectivity index (χ1n) is 18.4. The minimum Gasteiger partial charge on any atom is -0.237 e. The Balaban J connectivity index is 1.17. The van der Waals surface area contributed by atoms with E-state index >= 15 is 0 Å². The molecule has 0 spiro atoms. The summed E-state index contributed by atoms with van der Waals surface area (Å²) in [4.78, 5) is 24.5. The van der Waals surface area contributed by atoms with Gasteiger partial charge in [0.15, 0.2) is 23.3 Å². The summed E-state index contributed by atoms with van der Waals surface area (Å²) >= 11 is 3.68. The SMILES string of the molecule is c1ccc(-c2nc(-c3cccc(-c4ncccn4)c3)nc(-c3cc(-c4cccc5c4sc4ccccc45)cc(-c4cccc5c4sc4ccccc45)c3)n2)cc1. The van der Waals surface area contributed by atoms with Crippen LogP contribution in [-0.2, 0) is 0 Å². The third-order valence-corrected chi connectivity index (χ3v) is 12.7. The molecule has 0 aliphatic heterocycles. The van der Waals surface area contributed by atoms with E-state index in [0.29, 0.717) is 23.3 Å². The van der Waals surface area contributed by atoms with Crippen molar-refractivity contribution in [2.45, 2.75) is 0 Å². The van der Waals surface area contributed by atoms with Crippen LogP contribution in [0.15, 0.2) is 176 Å². The van der Waals surface area contributed by atoms with Crippen molar-refractivity contribution in [3.05, 3.63) is 176 Å². The zero-order chi connectivity index (χ0) is 37.0. The largest absolute Gasteiger partial charge is 0.237 e. The smallest absolute Gasteiger partial charge is 0.164 e. The molecule has 0 saturated carbocycles. The molecule has 11 rings (SSSR count). The van der Waals surface area contributed by atoms with Gasteiger partial charge in [-0.15, -0.1) is 22.7 Å². The summed E-state index contributed by atoms with van der Waals surface area (Å²) in [5.41, 5.74) is 8.17. The van der Waals surface area contributed by atoms with Gasteiger partial charge in [-0.2, -0.15) is 0 Å². The van der Waals surface area contributed by atoms with Crippen molar-refractivity contribution >= 4 is 63.0 Å². The van der Waals surface area contributed by atoms with E-state index in [2.05, 4.69) is 119 Å². The van der Waals surface area contributed by atoms with Crippen molar-refractivity contribution in [1.82, 2.24) is 24.9 Å². The summed E-state index contributed by atoms with van der Waals surface area (Å²) in [6.45, 7) is 0. The Morgan fingerprint density at radius 2 is 0.732 bits per heavy atom. The lowest BCUT2D eigenvalue weighted by atomic mass is 9.94. The predicted molar refractivity (Wildman–Crippen MR) is 234 cm³/mol. The average molecular weight is 752 g/mol. The van der Waals surface area contributed by atoms with Gasteiger partial charge in [0.25, 0.3) is 0 Å². The second-order valence-electron chi connectivity index (χ2n) is 13.7. The maximum absolute atomic E-state index is 5.24. The molecule has 4 aromatic heterocycles. The van der Waals surface area contributed by atoms with Gasteiger partial charge in [0, 0.05) is 75.0 Å². The summed E-state index contributed by atoms with van der Waals surface area (Å²) in [6.07, 6.45) is 3.51. The van der Waals surface area contributed by atoms with Crippen molar-refractivity contribution in [2.75, 3.05) is 0 Å². The fraction of sp³-hybridized carbons (Fsp3) is 0. The monoisotopic (exact) mass is 751 g/mol. The fourth-order valence-corrected chi connectivity index (χ4v) is 10.1. The molecule has 56 heavy (non-hydrogen) atoms. The average Bonchev–Trinajstić information content (AvgIpc) is 3.86. The molecule has 0 unspecified atom stereocenters. The van der Waals surface area contributed by atoms with Crippen molar-refractivity contribution in [3.8, 4) is 67.8 Å². The zero-order valence-corrected chi connectivity index (χ0v) is 31.4. The first-order chi connectivity index (χ1) is 27.7. The van der Waals surface area contributed by atoms with Gasteiger partial charge in [-0.3, -0.25) is 0 Å². The van der Waals surface area contributed by atoms with E-state index < -0.39 is 0 Å². The Hall–Kier alpha value is -6.93. The second-order valence-corrected chi connectivity index (χ2v) is 15.8. The van der Waals surface area contributed by atoms with Crippen LogP contribution < -0.4 is 0 Å². The molecule has 4 heterocycles. The predicted octanol–water partition coefficient (Wildman–Crippen LogP) is 13.4. The molecule has 0 radical (unpaired) electrons. The van der Waals surface area contributed by atoms with Crippen molar-refractivity contribution < 1.29 is 0 Å². The highest BCUT2D eigenvalue weighted by Crippen LogP contribution is 2.44. The van der Waals surface area contributed by atoms with Crippen molar-refractivity contribution in [1.29, 1.82) is 0 Å². The molecule has 0 bridgehead atoms. The number of benzene rings is 7. The van der Waals surface area contributed by atoms with Crippen LogP contribution in [0.25, 0.3) is 108 Å². The first kappa shape index (κ1) is 32.5. The number of hydrogen-bond donors (Lipinski definition) is 0. The Morgan fingerprint density at radius 3 is 1.34 bits per heavy atom. The topological polar surface area (TPSA) is 64.5 Å². The van der Waals surface area contributed by atoms with Crippen LogP contribution in [0.3, 0.4) is 0 Å². The molecular weight excluding hydrogens is 723 g/mol. The van der Waals surface area contributed by atoms with E-state index in [9.17, 15) is 0 Å². The van der Waals surface area contributed by atoms with E-state index in [-0.39, 0.29) is 0 Å². The highest BCUT2D eigenvalue weighted by Gasteiger charge is 2.19. The molecule has 0 N–H and O–H groups in total. The van der Waals surface area contributed by atoms with E-state index in [0.717, 1.165) is 33.4 Å². The lowest BCUT2D eigenvalue weighted by Gasteiger charge is -2.13. The summed E-state index contributed by atoms with van der Waals surface area (Å²) in [7, 11) is 0. The lowest BCUT2D eigenvalue weighted by molar-refractivity contribution is 1.07. The minimum atomic E-state index is 0.580. The molecule has 0 amide bonds. The maximum Gasteiger partial charge on any atom is 0.164 e. The highest BCUT2D eigenvalue weighted by atomic mass is 32.1. The van der Waals surface area contributed by atoms with Gasteiger partial charge in [-0.25, -0.2) is 24.9 Å². The van der Waals surface area contributed by atoms with Crippen LogP contribution in [0.4, 0.5) is 0 Å². The first-order valence-corrected chi connectivity index (χ1v) is 20.0. The Labute approximate surface area is 330 Å². The molecule has 0 aliphatic rings. The molecule has 0 atom stereocenters. The molecule has 11 aromatic rings. The third kappa shape index (κ3) is 5.64. The standard InChI is InChI=1S/C49H29N5S2/c1-2-12-30(13-3-1)47-52-48(32-15-8-14-31(26-32)46-50-24-11-25-51-46)54-49(53-47)35-28-33(36-18-9-20-40-38-16-4-6-22-42(38)55-44(36)40)27-34(29-35)37-19-10-21-41-39-17-5-7-23-43(39)56-45(37)41/h1-29H. The number of nitrogens with zero attached hydrogens (tertiary/aromatic N) is 5. The second kappa shape index (κ2) is 13.4. The van der Waals surface area contributed by atoms with Crippen LogP contribution >= 0.6 is 22.7 Å². The number of hydrogen-bond acceptors (Lipinski definition) is 7. The van der Waals surface area contributed by atoms with Gasteiger partial charge >= 0.3 is 0 Å². The molecule has 7 heteroatoms. The number of aromatic nitrogens is 5. The van der Waals surface area contributed by atoms with Gasteiger partial charge in [-0.1, -0.05) is 121 Å². The van der Waals surface area contributed by atoms with Crippen molar-refractivity contribution in [2.24, 2.45) is 0 Å². The van der Waals surface area contributed by atoms with E-state index in [1.807, 2.05) is 77.3 Å². The van der Waals surface area contributed by atoms with E-state index in [1.165, 1.54) is 51.5 Å². The summed E-state index contributed by atoms with van der Waals surface area (Å²) < 4.78 is 5.08. The summed E-state index contributed by atoms with van der Waals surface area (Å²) in [5.74, 6) is 2.44. The number of fused-ring (bicyclic) bond motifs is 6. The fourth-order valence-electron chi connectivity index (χ4n) is 7.61. The van der Waals surface area contributed by atoms with Gasteiger partial charge in [0.05, 0.1) is 0 Å². The normalized spacial score (nSPS) is 11.6. The van der Waals surface area contributed by atoms with Gasteiger partial charge in [0.1, 0.15) is 0 Å². The molecular formula is C49H29N5S2. The van der Waals surface area contributed by atoms with Gasteiger partial charge in [0.2, 0.25) is 0 Å². The molecule has 5 nitrogen and oxygen atoms in total. The molecule has 262 valence electrons. The van der Waals surface area contributed by atoms with E-state index in [4.69, 9.17) is 15.0 Å². The van der Waals surface area contributed by atoms with Crippen LogP contribution in [0.5, 0.6) is 0 Å². The lowest BCUT2D eigenvalue weighted by Crippen LogP contribution is -2.01. The minimum absolute atomic E-state index is 0.580. The Bertz CT molecular complexity index is 3130. The van der Waals surface area contributed by atoms with Crippen molar-refractivity contribution in [3.63, 3.8) is 0 Å². The van der Waals surface area contributed by atoms with Gasteiger partial charge < -0.3 is 0 Å². The summed E-state index contributed by atoms with van der Waals surface area (Å²) in [5, 5.41) is 5.08. The maximum atomic E-state index is 5.24. The van der Waals surface area contributed by atoms with Crippen LogP contribution in [0, 0.1) is 0 Å². The molecule has 0 saturated heterocycles. The summed E-state index contributed by atoms with van der Waals surface area (Å²) in [6, 6.07) is 57.5. The van der Waals surface area contributed by atoms with E-state index in [1.54, 1.807) is 12.4 Å². The third-order valence-electron chi connectivity index (χ3n) is 10.2. The van der Waals surface area contributed by atoms with Gasteiger partial charge in [-0.05, 0) is 64.7 Å². The quantitative estimate of drug-likeness (QED) is 0.169. The number of rotatable bonds is 6. The Morgan fingerprint density at radius 1 is 0.304 bits per heavy atom. The zero-order valence-electron chi connectivity index (χ0n) is 29.8. The molecule has 0 fully saturated rings. The van der Waals surface area contributed by atoms with Crippen LogP contribution in [-0.4, -0.2) is 24.9 Å². The molecule has 7 aromatic carbocycles.